The van der Waals surface area contributed by atoms with Crippen molar-refractivity contribution in [2.45, 2.75) is 11.4 Å². The van der Waals surface area contributed by atoms with Crippen LogP contribution in [0.25, 0.3) is 5.00 Å². The lowest BCUT2D eigenvalue weighted by molar-refractivity contribution is -0.117. The van der Waals surface area contributed by atoms with Crippen LogP contribution in [0.1, 0.15) is 0 Å². The number of thiophene rings is 1. The predicted molar refractivity (Wildman–Crippen MR) is 91.7 cm³/mol. The molecule has 9 nitrogen and oxygen atoms in total. The van der Waals surface area contributed by atoms with E-state index in [1.165, 1.54) is 29.5 Å². The van der Waals surface area contributed by atoms with Crippen molar-refractivity contribution in [2.24, 2.45) is 0 Å². The molecule has 0 atom stereocenters. The number of rotatable bonds is 5. The molecular formula is C14H13N5O4S2. The quantitative estimate of drug-likeness (QED) is 0.691. The normalized spacial score (nSPS) is 11.4. The first-order valence-electron chi connectivity index (χ1n) is 7.01. The Morgan fingerprint density at radius 1 is 1.24 bits per heavy atom. The monoisotopic (exact) mass is 379 g/mol. The molecule has 0 aliphatic carbocycles. The van der Waals surface area contributed by atoms with Crippen LogP contribution in [0.2, 0.25) is 0 Å². The number of anilines is 1. The zero-order valence-corrected chi connectivity index (χ0v) is 14.6. The molecule has 3 rings (SSSR count). The Labute approximate surface area is 146 Å². The zero-order chi connectivity index (χ0) is 18.0. The summed E-state index contributed by atoms with van der Waals surface area (Å²) in [7, 11) is -3.38. The van der Waals surface area contributed by atoms with Crippen molar-refractivity contribution in [1.82, 2.24) is 19.8 Å². The summed E-state index contributed by atoms with van der Waals surface area (Å²) in [6.45, 7) is -0.340. The molecule has 0 aliphatic rings. The number of nitrogens with zero attached hydrogens (tertiary/aromatic N) is 4. The van der Waals surface area contributed by atoms with Gasteiger partial charge >= 0.3 is 5.69 Å². The van der Waals surface area contributed by atoms with Crippen molar-refractivity contribution in [2.75, 3.05) is 11.6 Å². The fourth-order valence-corrected chi connectivity index (χ4v) is 3.38. The Balaban J connectivity index is 1.75. The highest BCUT2D eigenvalue weighted by atomic mass is 32.2. The molecule has 0 saturated carbocycles. The van der Waals surface area contributed by atoms with Crippen LogP contribution in [-0.4, -0.2) is 40.4 Å². The maximum atomic E-state index is 12.2. The second kappa shape index (κ2) is 6.61. The number of amides is 1. The average molecular weight is 379 g/mol. The van der Waals surface area contributed by atoms with Crippen LogP contribution in [0.5, 0.6) is 0 Å². The third kappa shape index (κ3) is 3.83. The highest BCUT2D eigenvalue weighted by molar-refractivity contribution is 7.90. The lowest BCUT2D eigenvalue weighted by atomic mass is 10.3. The standard InChI is InChI=1S/C14H13N5O4S2/c1-25(22,23)11-5-2-4-10(8-11)15-12(20)9-18-14(21)19(17-16-18)13-6-3-7-24-13/h2-8H,9H2,1H3,(H,15,20). The van der Waals surface area contributed by atoms with Crippen LogP contribution >= 0.6 is 11.3 Å². The maximum Gasteiger partial charge on any atom is 0.369 e. The second-order valence-corrected chi connectivity index (χ2v) is 8.07. The maximum absolute atomic E-state index is 12.2. The molecular weight excluding hydrogens is 366 g/mol. The van der Waals surface area contributed by atoms with Gasteiger partial charge in [0.15, 0.2) is 9.84 Å². The van der Waals surface area contributed by atoms with Crippen LogP contribution in [0.4, 0.5) is 5.69 Å². The topological polar surface area (TPSA) is 116 Å². The summed E-state index contributed by atoms with van der Waals surface area (Å²) in [6.07, 6.45) is 1.08. The Hall–Kier alpha value is -2.79. The van der Waals surface area contributed by atoms with Crippen molar-refractivity contribution >= 4 is 32.8 Å². The fourth-order valence-electron chi connectivity index (χ4n) is 2.04. The summed E-state index contributed by atoms with van der Waals surface area (Å²) < 4.78 is 25.1. The van der Waals surface area contributed by atoms with Crippen molar-refractivity contribution in [3.63, 3.8) is 0 Å². The number of hydrogen-bond acceptors (Lipinski definition) is 7. The van der Waals surface area contributed by atoms with Gasteiger partial charge in [0.25, 0.3) is 0 Å². The molecule has 0 aliphatic heterocycles. The summed E-state index contributed by atoms with van der Waals surface area (Å²) in [6, 6.07) is 9.33. The van der Waals surface area contributed by atoms with E-state index in [1.54, 1.807) is 23.6 Å². The summed E-state index contributed by atoms with van der Waals surface area (Å²) >= 11 is 1.32. The molecule has 0 bridgehead atoms. The lowest BCUT2D eigenvalue weighted by Crippen LogP contribution is -2.29. The van der Waals surface area contributed by atoms with Crippen LogP contribution in [0.3, 0.4) is 0 Å². The third-order valence-electron chi connectivity index (χ3n) is 3.19. The molecule has 3 aromatic rings. The minimum atomic E-state index is -3.38. The van der Waals surface area contributed by atoms with E-state index < -0.39 is 21.4 Å². The van der Waals surface area contributed by atoms with E-state index in [4.69, 9.17) is 0 Å². The Bertz CT molecular complexity index is 1070. The van der Waals surface area contributed by atoms with E-state index in [-0.39, 0.29) is 11.4 Å². The molecule has 1 aromatic carbocycles. The molecule has 25 heavy (non-hydrogen) atoms. The summed E-state index contributed by atoms with van der Waals surface area (Å²) in [5.41, 5.74) is -0.228. The highest BCUT2D eigenvalue weighted by Crippen LogP contribution is 2.15. The summed E-state index contributed by atoms with van der Waals surface area (Å²) in [5, 5.41) is 12.3. The Morgan fingerprint density at radius 2 is 2.04 bits per heavy atom. The van der Waals surface area contributed by atoms with Gasteiger partial charge in [0.05, 0.1) is 4.90 Å². The van der Waals surface area contributed by atoms with Gasteiger partial charge in [0.1, 0.15) is 11.5 Å². The van der Waals surface area contributed by atoms with Gasteiger partial charge in [-0.15, -0.1) is 11.3 Å². The summed E-state index contributed by atoms with van der Waals surface area (Å²) in [5.74, 6) is -0.522. The molecule has 0 unspecified atom stereocenters. The number of carbonyl (C=O) groups is 1. The molecule has 2 aromatic heterocycles. The Morgan fingerprint density at radius 3 is 2.72 bits per heavy atom. The number of aromatic nitrogens is 4. The first-order chi connectivity index (χ1) is 11.8. The van der Waals surface area contributed by atoms with Crippen molar-refractivity contribution in [3.05, 3.63) is 52.3 Å². The molecule has 2 heterocycles. The number of carbonyl (C=O) groups excluding carboxylic acids is 1. The largest absolute Gasteiger partial charge is 0.369 e. The minimum absolute atomic E-state index is 0.0890. The predicted octanol–water partition coefficient (Wildman–Crippen LogP) is 0.533. The molecule has 11 heteroatoms. The van der Waals surface area contributed by atoms with Gasteiger partial charge in [0, 0.05) is 11.9 Å². The molecule has 1 N–H and O–H groups in total. The van der Waals surface area contributed by atoms with Crippen LogP contribution in [0.15, 0.2) is 51.5 Å². The number of sulfone groups is 1. The molecule has 0 spiro atoms. The van der Waals surface area contributed by atoms with Gasteiger partial charge in [-0.1, -0.05) is 6.07 Å². The van der Waals surface area contributed by atoms with Crippen molar-refractivity contribution < 1.29 is 13.2 Å². The molecule has 130 valence electrons. The van der Waals surface area contributed by atoms with E-state index >= 15 is 0 Å². The number of hydrogen-bond donors (Lipinski definition) is 1. The molecule has 0 fully saturated rings. The minimum Gasteiger partial charge on any atom is -0.324 e. The van der Waals surface area contributed by atoms with Crippen molar-refractivity contribution in [1.29, 1.82) is 0 Å². The van der Waals surface area contributed by atoms with Gasteiger partial charge in [-0.3, -0.25) is 4.79 Å². The van der Waals surface area contributed by atoms with Gasteiger partial charge in [-0.05, 0) is 46.1 Å². The Kier molecular flexibility index (Phi) is 4.51. The fraction of sp³-hybridized carbons (Fsp3) is 0.143. The van der Waals surface area contributed by atoms with Gasteiger partial charge < -0.3 is 5.32 Å². The van der Waals surface area contributed by atoms with Gasteiger partial charge in [0.2, 0.25) is 5.91 Å². The number of nitrogens with one attached hydrogen (secondary N) is 1. The first-order valence-corrected chi connectivity index (χ1v) is 9.78. The van der Waals surface area contributed by atoms with Crippen LogP contribution in [0, 0.1) is 0 Å². The van der Waals surface area contributed by atoms with Crippen LogP contribution in [-0.2, 0) is 21.2 Å². The summed E-state index contributed by atoms with van der Waals surface area (Å²) in [4.78, 5) is 24.4. The zero-order valence-electron chi connectivity index (χ0n) is 13.0. The third-order valence-corrected chi connectivity index (χ3v) is 5.15. The van der Waals surface area contributed by atoms with E-state index in [2.05, 4.69) is 15.7 Å². The second-order valence-electron chi connectivity index (χ2n) is 5.13. The van der Waals surface area contributed by atoms with Gasteiger partial charge in [-0.25, -0.2) is 13.2 Å². The average Bonchev–Trinajstić information content (AvgIpc) is 3.17. The molecule has 1 amide bonds. The number of benzene rings is 1. The van der Waals surface area contributed by atoms with Crippen molar-refractivity contribution in [3.8, 4) is 5.00 Å². The smallest absolute Gasteiger partial charge is 0.324 e. The van der Waals surface area contributed by atoms with Crippen LogP contribution < -0.4 is 11.0 Å². The lowest BCUT2D eigenvalue weighted by Gasteiger charge is -2.06. The first kappa shape index (κ1) is 17.0. The van der Waals surface area contributed by atoms with E-state index in [0.717, 1.165) is 15.6 Å². The molecule has 0 radical (unpaired) electrons. The SMILES string of the molecule is CS(=O)(=O)c1cccc(NC(=O)Cn2nnn(-c3cccs3)c2=O)c1. The van der Waals surface area contributed by atoms with Gasteiger partial charge in [-0.2, -0.15) is 9.36 Å². The molecule has 0 saturated heterocycles. The van der Waals surface area contributed by atoms with E-state index in [9.17, 15) is 18.0 Å². The highest BCUT2D eigenvalue weighted by Gasteiger charge is 2.14. The number of tetrazole rings is 1. The van der Waals surface area contributed by atoms with E-state index in [0.29, 0.717) is 10.7 Å². The van der Waals surface area contributed by atoms with E-state index in [1.807, 2.05) is 0 Å².